The van der Waals surface area contributed by atoms with Crippen LogP contribution in [0.3, 0.4) is 0 Å². The first-order valence-corrected chi connectivity index (χ1v) is 8.44. The molecule has 3 heterocycles. The number of fused-ring (bicyclic) bond motifs is 2. The van der Waals surface area contributed by atoms with Crippen molar-refractivity contribution in [3.63, 3.8) is 0 Å². The summed E-state index contributed by atoms with van der Waals surface area (Å²) in [5.74, 6) is 0.0740. The summed E-state index contributed by atoms with van der Waals surface area (Å²) in [5, 5.41) is 11.1. The molecule has 2 bridgehead atoms. The number of carbonyl (C=O) groups excluding carboxylic acids is 1. The van der Waals surface area contributed by atoms with Crippen molar-refractivity contribution < 1.29 is 4.79 Å². The fourth-order valence-electron chi connectivity index (χ4n) is 3.77. The molecule has 1 aromatic carbocycles. The highest BCUT2D eigenvalue weighted by molar-refractivity contribution is 6.30. The first-order chi connectivity index (χ1) is 11.2. The van der Waals surface area contributed by atoms with Crippen molar-refractivity contribution >= 4 is 29.9 Å². The average molecular weight is 367 g/mol. The largest absolute Gasteiger partial charge is 0.331 e. The summed E-state index contributed by atoms with van der Waals surface area (Å²) in [6, 6.07) is 8.12. The maximum Gasteiger partial charge on any atom is 0.258 e. The smallest absolute Gasteiger partial charge is 0.258 e. The molecule has 2 N–H and O–H groups in total. The summed E-state index contributed by atoms with van der Waals surface area (Å²) in [5.41, 5.74) is 2.26. The van der Waals surface area contributed by atoms with Crippen LogP contribution in [0, 0.1) is 0 Å². The van der Waals surface area contributed by atoms with Crippen molar-refractivity contribution in [2.24, 2.45) is 0 Å². The number of aromatic amines is 1. The molecule has 7 heteroatoms. The fourth-order valence-corrected chi connectivity index (χ4v) is 3.96. The number of benzene rings is 1. The van der Waals surface area contributed by atoms with E-state index in [4.69, 9.17) is 11.6 Å². The van der Waals surface area contributed by atoms with E-state index in [9.17, 15) is 4.79 Å². The van der Waals surface area contributed by atoms with Crippen LogP contribution in [0.1, 0.15) is 29.6 Å². The normalized spacial score (nSPS) is 22.8. The lowest BCUT2D eigenvalue weighted by molar-refractivity contribution is 0.0681. The highest BCUT2D eigenvalue weighted by atomic mass is 35.5. The van der Waals surface area contributed by atoms with Gasteiger partial charge in [-0.1, -0.05) is 23.7 Å². The summed E-state index contributed by atoms with van der Waals surface area (Å²) in [7, 11) is 0. The van der Waals surface area contributed by atoms with Crippen molar-refractivity contribution in [3.05, 3.63) is 41.0 Å². The molecule has 0 spiro atoms. The molecule has 5 nitrogen and oxygen atoms in total. The maximum atomic E-state index is 13.2. The number of hydrogen-bond donors (Lipinski definition) is 2. The lowest BCUT2D eigenvalue weighted by Gasteiger charge is -2.27. The monoisotopic (exact) mass is 366 g/mol. The standard InChI is InChI=1S/C17H19ClN4O.ClH/c18-12-3-1-2-11(8-12)16-15(10-20-21-16)17(23)22-13-4-5-14(22)9-19-7-6-13;/h1-3,8,10,13-14,19H,4-7,9H2,(H,20,21);1H. The van der Waals surface area contributed by atoms with Gasteiger partial charge in [0, 0.05) is 29.2 Å². The number of aromatic nitrogens is 2. The van der Waals surface area contributed by atoms with Crippen LogP contribution in [0.5, 0.6) is 0 Å². The molecule has 0 saturated carbocycles. The van der Waals surface area contributed by atoms with Crippen LogP contribution in [0.2, 0.25) is 5.02 Å². The lowest BCUT2D eigenvalue weighted by atomic mass is 10.1. The maximum absolute atomic E-state index is 13.2. The van der Waals surface area contributed by atoms with Gasteiger partial charge >= 0.3 is 0 Å². The fraction of sp³-hybridized carbons (Fsp3) is 0.412. The predicted molar refractivity (Wildman–Crippen MR) is 96.7 cm³/mol. The van der Waals surface area contributed by atoms with Crippen molar-refractivity contribution in [2.45, 2.75) is 31.3 Å². The van der Waals surface area contributed by atoms with Gasteiger partial charge in [0.25, 0.3) is 5.91 Å². The highest BCUT2D eigenvalue weighted by Gasteiger charge is 2.39. The minimum Gasteiger partial charge on any atom is -0.331 e. The molecule has 4 rings (SSSR count). The van der Waals surface area contributed by atoms with E-state index in [2.05, 4.69) is 20.4 Å². The third-order valence-corrected chi connectivity index (χ3v) is 5.11. The highest BCUT2D eigenvalue weighted by Crippen LogP contribution is 2.32. The van der Waals surface area contributed by atoms with Gasteiger partial charge in [-0.05, 0) is 37.9 Å². The zero-order chi connectivity index (χ0) is 15.8. The van der Waals surface area contributed by atoms with Gasteiger partial charge in [-0.2, -0.15) is 5.10 Å². The molecule has 2 aliphatic rings. The quantitative estimate of drug-likeness (QED) is 0.858. The minimum absolute atomic E-state index is 0. The Labute approximate surface area is 152 Å². The molecular weight excluding hydrogens is 347 g/mol. The van der Waals surface area contributed by atoms with Crippen LogP contribution in [-0.4, -0.2) is 46.2 Å². The van der Waals surface area contributed by atoms with Crippen LogP contribution < -0.4 is 5.32 Å². The molecule has 2 aliphatic heterocycles. The Hall–Kier alpha value is -1.56. The van der Waals surface area contributed by atoms with Gasteiger partial charge in [0.2, 0.25) is 0 Å². The Balaban J connectivity index is 0.00000169. The molecule has 2 fully saturated rings. The number of halogens is 2. The molecule has 1 amide bonds. The van der Waals surface area contributed by atoms with Crippen molar-refractivity contribution in [1.29, 1.82) is 0 Å². The van der Waals surface area contributed by atoms with E-state index in [0.717, 1.165) is 43.6 Å². The third-order valence-electron chi connectivity index (χ3n) is 4.87. The molecule has 2 saturated heterocycles. The van der Waals surface area contributed by atoms with E-state index in [-0.39, 0.29) is 24.4 Å². The van der Waals surface area contributed by atoms with Gasteiger partial charge in [-0.3, -0.25) is 9.89 Å². The van der Waals surface area contributed by atoms with Gasteiger partial charge in [0.15, 0.2) is 0 Å². The zero-order valence-electron chi connectivity index (χ0n) is 13.2. The Bertz CT molecular complexity index is 719. The second kappa shape index (κ2) is 7.13. The van der Waals surface area contributed by atoms with Crippen molar-refractivity contribution in [2.75, 3.05) is 13.1 Å². The predicted octanol–water partition coefficient (Wildman–Crippen LogP) is 3.12. The number of hydrogen-bond acceptors (Lipinski definition) is 3. The molecule has 0 aliphatic carbocycles. The third kappa shape index (κ3) is 3.04. The summed E-state index contributed by atoms with van der Waals surface area (Å²) in [6.45, 7) is 1.87. The molecular formula is C17H20Cl2N4O. The topological polar surface area (TPSA) is 61.0 Å². The number of nitrogens with zero attached hydrogens (tertiary/aromatic N) is 2. The van der Waals surface area contributed by atoms with Gasteiger partial charge in [-0.15, -0.1) is 12.4 Å². The molecule has 2 unspecified atom stereocenters. The second-order valence-corrected chi connectivity index (χ2v) is 6.70. The van der Waals surface area contributed by atoms with Gasteiger partial charge in [0.05, 0.1) is 17.5 Å². The van der Waals surface area contributed by atoms with Crippen LogP contribution in [0.4, 0.5) is 0 Å². The van der Waals surface area contributed by atoms with E-state index >= 15 is 0 Å². The summed E-state index contributed by atoms with van der Waals surface area (Å²) >= 11 is 6.08. The van der Waals surface area contributed by atoms with Gasteiger partial charge < -0.3 is 10.2 Å². The summed E-state index contributed by atoms with van der Waals surface area (Å²) < 4.78 is 0. The summed E-state index contributed by atoms with van der Waals surface area (Å²) in [6.07, 6.45) is 4.83. The SMILES string of the molecule is Cl.O=C(c1cn[nH]c1-c1cccc(Cl)c1)N1C2CCNCC1CC2. The number of nitrogens with one attached hydrogen (secondary N) is 2. The molecule has 24 heavy (non-hydrogen) atoms. The van der Waals surface area contributed by atoms with E-state index in [1.807, 2.05) is 24.3 Å². The Morgan fingerprint density at radius 2 is 2.08 bits per heavy atom. The Morgan fingerprint density at radius 3 is 2.92 bits per heavy atom. The lowest BCUT2D eigenvalue weighted by Crippen LogP contribution is -2.42. The number of H-pyrrole nitrogens is 1. The zero-order valence-corrected chi connectivity index (χ0v) is 14.7. The first-order valence-electron chi connectivity index (χ1n) is 8.07. The number of carbonyl (C=O) groups is 1. The molecule has 2 atom stereocenters. The van der Waals surface area contributed by atoms with Crippen LogP contribution in [0.15, 0.2) is 30.5 Å². The van der Waals surface area contributed by atoms with Crippen LogP contribution in [0.25, 0.3) is 11.3 Å². The van der Waals surface area contributed by atoms with E-state index in [1.165, 1.54) is 0 Å². The number of amides is 1. The van der Waals surface area contributed by atoms with Crippen molar-refractivity contribution in [1.82, 2.24) is 20.4 Å². The molecule has 0 radical (unpaired) electrons. The molecule has 2 aromatic rings. The first kappa shape index (κ1) is 17.3. The number of rotatable bonds is 2. The Morgan fingerprint density at radius 1 is 1.25 bits per heavy atom. The van der Waals surface area contributed by atoms with Crippen molar-refractivity contribution in [3.8, 4) is 11.3 Å². The van der Waals surface area contributed by atoms with Gasteiger partial charge in [-0.25, -0.2) is 0 Å². The van der Waals surface area contributed by atoms with Crippen LogP contribution >= 0.6 is 24.0 Å². The second-order valence-electron chi connectivity index (χ2n) is 6.26. The average Bonchev–Trinajstić information content (AvgIpc) is 3.10. The molecule has 1 aromatic heterocycles. The molecule has 128 valence electrons. The summed E-state index contributed by atoms with van der Waals surface area (Å²) in [4.78, 5) is 15.2. The van der Waals surface area contributed by atoms with E-state index < -0.39 is 0 Å². The Kier molecular flexibility index (Phi) is 5.13. The van der Waals surface area contributed by atoms with Gasteiger partial charge in [0.1, 0.15) is 0 Å². The van der Waals surface area contributed by atoms with E-state index in [0.29, 0.717) is 16.6 Å². The van der Waals surface area contributed by atoms with E-state index in [1.54, 1.807) is 6.20 Å². The van der Waals surface area contributed by atoms with Crippen LogP contribution in [-0.2, 0) is 0 Å². The minimum atomic E-state index is 0.